The topological polar surface area (TPSA) is 92.4 Å². The number of rotatable bonds is 4. The van der Waals surface area contributed by atoms with Crippen molar-refractivity contribution in [3.8, 4) is 11.8 Å². The van der Waals surface area contributed by atoms with Crippen molar-refractivity contribution < 1.29 is 14.3 Å². The lowest BCUT2D eigenvalue weighted by atomic mass is 10.1. The minimum Gasteiger partial charge on any atom is -0.465 e. The number of nitriles is 1. The van der Waals surface area contributed by atoms with Crippen LogP contribution in [0.2, 0.25) is 0 Å². The maximum absolute atomic E-state index is 13.5. The van der Waals surface area contributed by atoms with Gasteiger partial charge in [-0.1, -0.05) is 29.8 Å². The van der Waals surface area contributed by atoms with E-state index in [9.17, 15) is 19.6 Å². The van der Waals surface area contributed by atoms with Gasteiger partial charge in [0, 0.05) is 13.1 Å². The molecule has 0 spiro atoms. The molecule has 4 rings (SSSR count). The average Bonchev–Trinajstić information content (AvgIpc) is 3.20. The summed E-state index contributed by atoms with van der Waals surface area (Å²) in [6.45, 7) is 3.16. The number of piperidine rings is 1. The molecule has 1 amide bonds. The summed E-state index contributed by atoms with van der Waals surface area (Å²) in [5.41, 5.74) is 2.39. The number of likely N-dealkylation sites (tertiary alicyclic amines) is 1. The summed E-state index contributed by atoms with van der Waals surface area (Å²) in [5.74, 6) is -0.788. The van der Waals surface area contributed by atoms with Crippen molar-refractivity contribution in [1.82, 2.24) is 9.47 Å². The highest BCUT2D eigenvalue weighted by Gasteiger charge is 2.23. The molecule has 2 heterocycles. The number of hydrogen-bond donors (Lipinski definition) is 0. The molecule has 1 aliphatic heterocycles. The van der Waals surface area contributed by atoms with Gasteiger partial charge in [0.15, 0.2) is 5.57 Å². The summed E-state index contributed by atoms with van der Waals surface area (Å²) in [6, 6.07) is 16.1. The zero-order chi connectivity index (χ0) is 24.9. The second-order valence-corrected chi connectivity index (χ2v) is 9.38. The smallest absolute Gasteiger partial charge is 0.337 e. The lowest BCUT2D eigenvalue weighted by molar-refractivity contribution is -0.125. The first kappa shape index (κ1) is 24.2. The quantitative estimate of drug-likeness (QED) is 0.528. The van der Waals surface area contributed by atoms with Crippen LogP contribution in [0.15, 0.2) is 53.3 Å². The Labute approximate surface area is 206 Å². The summed E-state index contributed by atoms with van der Waals surface area (Å²) in [4.78, 5) is 40.2. The Balaban J connectivity index is 1.92. The Morgan fingerprint density at radius 2 is 1.69 bits per heavy atom. The van der Waals surface area contributed by atoms with Gasteiger partial charge < -0.3 is 9.64 Å². The van der Waals surface area contributed by atoms with Crippen LogP contribution in [0.4, 0.5) is 0 Å². The molecular weight excluding hydrogens is 462 g/mol. The van der Waals surface area contributed by atoms with Crippen molar-refractivity contribution in [3.05, 3.63) is 84.8 Å². The van der Waals surface area contributed by atoms with E-state index in [1.54, 1.807) is 35.2 Å². The molecule has 7 nitrogen and oxygen atoms in total. The van der Waals surface area contributed by atoms with E-state index in [1.165, 1.54) is 11.7 Å². The largest absolute Gasteiger partial charge is 0.465 e. The lowest BCUT2D eigenvalue weighted by Crippen LogP contribution is -2.39. The number of nitrogens with zero attached hydrogens (tertiary/aromatic N) is 3. The van der Waals surface area contributed by atoms with E-state index in [1.807, 2.05) is 31.2 Å². The van der Waals surface area contributed by atoms with Gasteiger partial charge in [0.05, 0.1) is 22.9 Å². The van der Waals surface area contributed by atoms with Crippen LogP contribution < -0.4 is 14.8 Å². The van der Waals surface area contributed by atoms with Gasteiger partial charge in [-0.15, -0.1) is 11.3 Å². The Hall–Kier alpha value is -3.96. The number of ether oxygens (including phenoxy) is 1. The second-order valence-electron chi connectivity index (χ2n) is 8.35. The number of thiazole rings is 1. The number of methoxy groups -OCH3 is 1. The van der Waals surface area contributed by atoms with Crippen LogP contribution >= 0.6 is 11.3 Å². The van der Waals surface area contributed by atoms with E-state index in [0.717, 1.165) is 36.2 Å². The molecule has 0 unspecified atom stereocenters. The van der Waals surface area contributed by atoms with Crippen LogP contribution in [0.25, 0.3) is 17.3 Å². The van der Waals surface area contributed by atoms with Crippen molar-refractivity contribution in [2.24, 2.45) is 0 Å². The van der Waals surface area contributed by atoms with E-state index >= 15 is 0 Å². The van der Waals surface area contributed by atoms with Crippen LogP contribution in [0.1, 0.15) is 40.7 Å². The molecule has 2 aromatic carbocycles. The summed E-state index contributed by atoms with van der Waals surface area (Å²) in [5, 5.41) is 9.99. The predicted molar refractivity (Wildman–Crippen MR) is 135 cm³/mol. The number of carbonyl (C=O) groups excluding carboxylic acids is 2. The molecule has 0 bridgehead atoms. The number of aryl methyl sites for hydroxylation is 1. The maximum atomic E-state index is 13.5. The number of carbonyl (C=O) groups is 2. The SMILES string of the molecule is COC(=O)c1ccc(/C=c2\s/c(=C(\C#N)C(=O)N3CCCCC3)n(-c3ccc(C)cc3)c2=O)cc1. The molecule has 0 radical (unpaired) electrons. The second kappa shape index (κ2) is 10.5. The molecule has 35 heavy (non-hydrogen) atoms. The number of benzene rings is 2. The lowest BCUT2D eigenvalue weighted by Gasteiger charge is -2.26. The molecule has 0 atom stereocenters. The van der Waals surface area contributed by atoms with Gasteiger partial charge in [0.25, 0.3) is 11.5 Å². The van der Waals surface area contributed by atoms with Gasteiger partial charge in [-0.25, -0.2) is 4.79 Å². The highest BCUT2D eigenvalue weighted by Crippen LogP contribution is 2.13. The fraction of sp³-hybridized carbons (Fsp3) is 0.259. The third kappa shape index (κ3) is 5.10. The summed E-state index contributed by atoms with van der Waals surface area (Å²) < 4.78 is 6.87. The minimum absolute atomic E-state index is 0.0322. The molecule has 1 aliphatic rings. The molecule has 178 valence electrons. The zero-order valence-corrected chi connectivity index (χ0v) is 20.4. The van der Waals surface area contributed by atoms with Crippen molar-refractivity contribution in [2.75, 3.05) is 20.2 Å². The molecule has 8 heteroatoms. The molecule has 1 saturated heterocycles. The van der Waals surface area contributed by atoms with Gasteiger partial charge in [0.1, 0.15) is 10.7 Å². The van der Waals surface area contributed by atoms with E-state index in [4.69, 9.17) is 4.74 Å². The maximum Gasteiger partial charge on any atom is 0.337 e. The Kier molecular flexibility index (Phi) is 7.28. The fourth-order valence-corrected chi connectivity index (χ4v) is 5.10. The first-order valence-corrected chi connectivity index (χ1v) is 12.2. The first-order chi connectivity index (χ1) is 16.9. The van der Waals surface area contributed by atoms with E-state index in [2.05, 4.69) is 6.07 Å². The predicted octanol–water partition coefficient (Wildman–Crippen LogP) is 2.51. The van der Waals surface area contributed by atoms with Gasteiger partial charge in [0.2, 0.25) is 0 Å². The van der Waals surface area contributed by atoms with Crippen LogP contribution in [-0.4, -0.2) is 41.5 Å². The van der Waals surface area contributed by atoms with Gasteiger partial charge in [-0.2, -0.15) is 5.26 Å². The molecule has 0 N–H and O–H groups in total. The number of esters is 1. The monoisotopic (exact) mass is 487 g/mol. The van der Waals surface area contributed by atoms with Gasteiger partial charge in [-0.3, -0.25) is 14.2 Å². The van der Waals surface area contributed by atoms with Crippen LogP contribution in [-0.2, 0) is 9.53 Å². The Morgan fingerprint density at radius 1 is 1.03 bits per heavy atom. The fourth-order valence-electron chi connectivity index (χ4n) is 4.01. The van der Waals surface area contributed by atoms with Crippen LogP contribution in [0.3, 0.4) is 0 Å². The average molecular weight is 488 g/mol. The number of amides is 1. The van der Waals surface area contributed by atoms with Crippen LogP contribution in [0.5, 0.6) is 0 Å². The number of hydrogen-bond acceptors (Lipinski definition) is 6. The highest BCUT2D eigenvalue weighted by atomic mass is 32.1. The molecule has 3 aromatic rings. The summed E-state index contributed by atoms with van der Waals surface area (Å²) in [6.07, 6.45) is 4.57. The first-order valence-electron chi connectivity index (χ1n) is 11.4. The molecule has 1 aromatic heterocycles. The van der Waals surface area contributed by atoms with Crippen molar-refractivity contribution in [2.45, 2.75) is 26.2 Å². The van der Waals surface area contributed by atoms with Crippen LogP contribution in [0, 0.1) is 18.3 Å². The molecule has 0 aliphatic carbocycles. The van der Waals surface area contributed by atoms with Crippen molar-refractivity contribution >= 4 is 34.9 Å². The summed E-state index contributed by atoms with van der Waals surface area (Å²) in [7, 11) is 1.32. The van der Waals surface area contributed by atoms with Crippen molar-refractivity contribution in [3.63, 3.8) is 0 Å². The zero-order valence-electron chi connectivity index (χ0n) is 19.6. The molecule has 1 fully saturated rings. The molecule has 0 saturated carbocycles. The highest BCUT2D eigenvalue weighted by molar-refractivity contribution is 7.07. The minimum atomic E-state index is -0.443. The van der Waals surface area contributed by atoms with E-state index in [-0.39, 0.29) is 17.0 Å². The van der Waals surface area contributed by atoms with E-state index < -0.39 is 5.97 Å². The Morgan fingerprint density at radius 3 is 2.29 bits per heavy atom. The normalized spacial score (nSPS) is 14.9. The van der Waals surface area contributed by atoms with E-state index in [0.29, 0.717) is 39.1 Å². The third-order valence-electron chi connectivity index (χ3n) is 5.93. The van der Waals surface area contributed by atoms with Gasteiger partial charge in [-0.05, 0) is 62.1 Å². The number of aromatic nitrogens is 1. The standard InChI is InChI=1S/C27H25N3O4S/c1-18-6-12-21(13-7-18)30-25(32)23(16-19-8-10-20(11-9-19)27(33)34-2)35-26(30)22(17-28)24(31)29-14-4-3-5-15-29/h6-13,16H,3-5,14-15H2,1-2H3/b23-16-,26-22+. The van der Waals surface area contributed by atoms with Crippen molar-refractivity contribution in [1.29, 1.82) is 5.26 Å². The Bertz CT molecular complexity index is 1470. The molecular formula is C27H25N3O4S. The third-order valence-corrected chi connectivity index (χ3v) is 7.02. The summed E-state index contributed by atoms with van der Waals surface area (Å²) >= 11 is 1.12. The van der Waals surface area contributed by atoms with Gasteiger partial charge >= 0.3 is 5.97 Å².